The molecular weight excluding hydrogens is 326 g/mol. The zero-order valence-electron chi connectivity index (χ0n) is 16.4. The highest BCUT2D eigenvalue weighted by molar-refractivity contribution is 4.91. The number of nitrogens with zero attached hydrogens (tertiary/aromatic N) is 3. The van der Waals surface area contributed by atoms with Gasteiger partial charge in [-0.05, 0) is 58.2 Å². The average molecular weight is 366 g/mol. The summed E-state index contributed by atoms with van der Waals surface area (Å²) in [6, 6.07) is 1.01. The molecule has 0 spiro atoms. The molecule has 2 unspecified atom stereocenters. The van der Waals surface area contributed by atoms with Gasteiger partial charge >= 0.3 is 0 Å². The SMILES string of the molecule is O[C@@H]1CN(CC2CCCCN2)CC[C@H]1N1CCN(C2CCCCN2)CC1. The second-order valence-electron chi connectivity index (χ2n) is 8.87. The zero-order chi connectivity index (χ0) is 17.8. The number of aliphatic hydroxyl groups excluding tert-OH is 1. The van der Waals surface area contributed by atoms with Crippen LogP contribution < -0.4 is 10.6 Å². The summed E-state index contributed by atoms with van der Waals surface area (Å²) in [5.41, 5.74) is 0. The Hall–Kier alpha value is -0.240. The second-order valence-corrected chi connectivity index (χ2v) is 8.87. The highest BCUT2D eigenvalue weighted by atomic mass is 16.3. The van der Waals surface area contributed by atoms with Gasteiger partial charge in [-0.3, -0.25) is 14.7 Å². The van der Waals surface area contributed by atoms with E-state index in [4.69, 9.17) is 0 Å². The molecule has 0 aromatic heterocycles. The van der Waals surface area contributed by atoms with Crippen LogP contribution in [0.25, 0.3) is 0 Å². The predicted molar refractivity (Wildman–Crippen MR) is 105 cm³/mol. The molecule has 4 aliphatic rings. The standard InChI is InChI=1S/C20H39N5O/c26-19-16-23(15-17-5-1-3-8-21-17)10-7-18(19)24-11-13-25(14-12-24)20-6-2-4-9-22-20/h17-22,26H,1-16H2/t17?,18-,19-,20?/m1/s1. The van der Waals surface area contributed by atoms with Crippen molar-refractivity contribution in [3.63, 3.8) is 0 Å². The molecule has 6 nitrogen and oxygen atoms in total. The van der Waals surface area contributed by atoms with Gasteiger partial charge in [0.15, 0.2) is 0 Å². The maximum Gasteiger partial charge on any atom is 0.0822 e. The van der Waals surface area contributed by atoms with Crippen molar-refractivity contribution in [3.05, 3.63) is 0 Å². The maximum absolute atomic E-state index is 10.8. The summed E-state index contributed by atoms with van der Waals surface area (Å²) >= 11 is 0. The van der Waals surface area contributed by atoms with Gasteiger partial charge in [0.1, 0.15) is 0 Å². The topological polar surface area (TPSA) is 54.0 Å². The van der Waals surface area contributed by atoms with Gasteiger partial charge in [0, 0.05) is 51.4 Å². The molecule has 0 aromatic carbocycles. The molecule has 0 amide bonds. The molecule has 6 heteroatoms. The smallest absolute Gasteiger partial charge is 0.0822 e. The second kappa shape index (κ2) is 9.30. The lowest BCUT2D eigenvalue weighted by Gasteiger charge is -2.47. The first-order valence-electron chi connectivity index (χ1n) is 11.1. The third-order valence-electron chi connectivity index (χ3n) is 7.06. The Morgan fingerprint density at radius 1 is 0.769 bits per heavy atom. The van der Waals surface area contributed by atoms with Gasteiger partial charge < -0.3 is 15.7 Å². The Kier molecular flexibility index (Phi) is 6.83. The number of piperidine rings is 3. The molecule has 0 bridgehead atoms. The Balaban J connectivity index is 1.21. The normalized spacial score (nSPS) is 39.1. The molecular formula is C20H39N5O. The van der Waals surface area contributed by atoms with E-state index >= 15 is 0 Å². The van der Waals surface area contributed by atoms with E-state index in [0.29, 0.717) is 18.2 Å². The highest BCUT2D eigenvalue weighted by Crippen LogP contribution is 2.21. The number of rotatable bonds is 4. The van der Waals surface area contributed by atoms with Crippen LogP contribution in [0, 0.1) is 0 Å². The van der Waals surface area contributed by atoms with Crippen LogP contribution in [0.5, 0.6) is 0 Å². The van der Waals surface area contributed by atoms with Crippen LogP contribution in [0.3, 0.4) is 0 Å². The number of nitrogens with one attached hydrogen (secondary N) is 2. The van der Waals surface area contributed by atoms with Crippen LogP contribution in [-0.2, 0) is 0 Å². The third kappa shape index (κ3) is 4.78. The van der Waals surface area contributed by atoms with E-state index in [2.05, 4.69) is 25.3 Å². The molecule has 4 aliphatic heterocycles. The van der Waals surface area contributed by atoms with Crippen molar-refractivity contribution in [1.82, 2.24) is 25.3 Å². The number of hydrogen-bond acceptors (Lipinski definition) is 6. The lowest BCUT2D eigenvalue weighted by atomic mass is 9.97. The molecule has 3 N–H and O–H groups in total. The van der Waals surface area contributed by atoms with Crippen LogP contribution in [-0.4, -0.2) is 103 Å². The van der Waals surface area contributed by atoms with Crippen molar-refractivity contribution in [3.8, 4) is 0 Å². The first kappa shape index (κ1) is 19.1. The van der Waals surface area contributed by atoms with E-state index in [0.717, 1.165) is 52.2 Å². The lowest BCUT2D eigenvalue weighted by Crippen LogP contribution is -2.62. The van der Waals surface area contributed by atoms with E-state index in [1.165, 1.54) is 51.6 Å². The number of hydrogen-bond donors (Lipinski definition) is 3. The van der Waals surface area contributed by atoms with Crippen LogP contribution >= 0.6 is 0 Å². The van der Waals surface area contributed by atoms with Gasteiger partial charge in [0.2, 0.25) is 0 Å². The molecule has 0 aromatic rings. The average Bonchev–Trinajstić information content (AvgIpc) is 2.70. The number of β-amino-alcohol motifs (C(OH)–C–C–N with tert-alkyl or cyclic N) is 1. The summed E-state index contributed by atoms with van der Waals surface area (Å²) < 4.78 is 0. The molecule has 4 saturated heterocycles. The Labute approximate surface area is 159 Å². The van der Waals surface area contributed by atoms with Crippen molar-refractivity contribution < 1.29 is 5.11 Å². The van der Waals surface area contributed by atoms with Gasteiger partial charge in [-0.15, -0.1) is 0 Å². The molecule has 4 rings (SSSR count). The number of aliphatic hydroxyl groups is 1. The van der Waals surface area contributed by atoms with Crippen LogP contribution in [0.1, 0.15) is 44.9 Å². The largest absolute Gasteiger partial charge is 0.390 e. The minimum Gasteiger partial charge on any atom is -0.390 e. The van der Waals surface area contributed by atoms with E-state index < -0.39 is 0 Å². The van der Waals surface area contributed by atoms with Crippen molar-refractivity contribution in [2.45, 2.75) is 69.3 Å². The molecule has 0 aliphatic carbocycles. The van der Waals surface area contributed by atoms with E-state index in [9.17, 15) is 5.11 Å². The predicted octanol–water partition coefficient (Wildman–Crippen LogP) is 0.281. The fourth-order valence-electron chi connectivity index (χ4n) is 5.49. The molecule has 4 atom stereocenters. The molecule has 0 saturated carbocycles. The minimum atomic E-state index is -0.188. The lowest BCUT2D eigenvalue weighted by molar-refractivity contribution is -0.0387. The number of piperazine rings is 1. The Morgan fingerprint density at radius 2 is 1.50 bits per heavy atom. The monoisotopic (exact) mass is 365 g/mol. The molecule has 26 heavy (non-hydrogen) atoms. The van der Waals surface area contributed by atoms with Gasteiger partial charge in [0.05, 0.1) is 12.3 Å². The Morgan fingerprint density at radius 3 is 2.15 bits per heavy atom. The summed E-state index contributed by atoms with van der Waals surface area (Å²) in [7, 11) is 0. The minimum absolute atomic E-state index is 0.188. The quantitative estimate of drug-likeness (QED) is 0.665. The van der Waals surface area contributed by atoms with E-state index in [1.807, 2.05) is 0 Å². The summed E-state index contributed by atoms with van der Waals surface area (Å²) in [5, 5.41) is 18.1. The number of likely N-dealkylation sites (tertiary alicyclic amines) is 1. The molecule has 0 radical (unpaired) electrons. The zero-order valence-corrected chi connectivity index (χ0v) is 16.4. The van der Waals surface area contributed by atoms with E-state index in [-0.39, 0.29) is 6.10 Å². The summed E-state index contributed by atoms with van der Waals surface area (Å²) in [6.45, 7) is 9.99. The van der Waals surface area contributed by atoms with Gasteiger partial charge in [0.25, 0.3) is 0 Å². The van der Waals surface area contributed by atoms with Crippen LogP contribution in [0.4, 0.5) is 0 Å². The van der Waals surface area contributed by atoms with Crippen molar-refractivity contribution in [2.24, 2.45) is 0 Å². The van der Waals surface area contributed by atoms with Gasteiger partial charge in [-0.25, -0.2) is 0 Å². The Bertz CT molecular complexity index is 416. The van der Waals surface area contributed by atoms with Crippen molar-refractivity contribution >= 4 is 0 Å². The van der Waals surface area contributed by atoms with Crippen LogP contribution in [0.2, 0.25) is 0 Å². The maximum atomic E-state index is 10.8. The van der Waals surface area contributed by atoms with Gasteiger partial charge in [-0.2, -0.15) is 0 Å². The molecule has 150 valence electrons. The van der Waals surface area contributed by atoms with Crippen LogP contribution in [0.15, 0.2) is 0 Å². The highest BCUT2D eigenvalue weighted by Gasteiger charge is 2.35. The van der Waals surface area contributed by atoms with Crippen molar-refractivity contribution in [1.29, 1.82) is 0 Å². The first-order valence-corrected chi connectivity index (χ1v) is 11.1. The first-order chi connectivity index (χ1) is 12.8. The third-order valence-corrected chi connectivity index (χ3v) is 7.06. The van der Waals surface area contributed by atoms with Crippen molar-refractivity contribution in [2.75, 3.05) is 58.9 Å². The summed E-state index contributed by atoms with van der Waals surface area (Å²) in [4.78, 5) is 7.69. The van der Waals surface area contributed by atoms with E-state index in [1.54, 1.807) is 0 Å². The van der Waals surface area contributed by atoms with Gasteiger partial charge in [-0.1, -0.05) is 6.42 Å². The summed E-state index contributed by atoms with van der Waals surface area (Å²) in [5.74, 6) is 0. The fourth-order valence-corrected chi connectivity index (χ4v) is 5.49. The fraction of sp³-hybridized carbons (Fsp3) is 1.00. The summed E-state index contributed by atoms with van der Waals surface area (Å²) in [6.07, 6.45) is 9.51. The molecule has 4 heterocycles. The molecule has 4 fully saturated rings.